The minimum Gasteiger partial charge on any atom is -0.450 e. The number of piperidine rings is 1. The van der Waals surface area contributed by atoms with Gasteiger partial charge in [-0.05, 0) is 25.7 Å². The standard InChI is InChI=1S/C18H23N3O2/c1-2-23-18(22)20-11-8-15(9-12-20)14-21-13-10-19-17(21)16-6-4-3-5-7-16/h3-7,10,13,15H,2,8-9,11-12,14H2,1H3. The van der Waals surface area contributed by atoms with Crippen LogP contribution in [-0.4, -0.2) is 40.2 Å². The number of imidazole rings is 1. The zero-order valence-corrected chi connectivity index (χ0v) is 13.5. The lowest BCUT2D eigenvalue weighted by Crippen LogP contribution is -2.39. The molecule has 1 aliphatic rings. The van der Waals surface area contributed by atoms with Crippen molar-refractivity contribution in [3.63, 3.8) is 0 Å². The molecule has 3 rings (SSSR count). The van der Waals surface area contributed by atoms with E-state index in [4.69, 9.17) is 4.74 Å². The Morgan fingerprint density at radius 3 is 2.70 bits per heavy atom. The Morgan fingerprint density at radius 1 is 1.26 bits per heavy atom. The van der Waals surface area contributed by atoms with Gasteiger partial charge in [-0.15, -0.1) is 0 Å². The van der Waals surface area contributed by atoms with E-state index < -0.39 is 0 Å². The molecular formula is C18H23N3O2. The average molecular weight is 313 g/mol. The van der Waals surface area contributed by atoms with Gasteiger partial charge in [0.2, 0.25) is 0 Å². The van der Waals surface area contributed by atoms with E-state index in [0.717, 1.165) is 43.9 Å². The zero-order valence-electron chi connectivity index (χ0n) is 13.5. The summed E-state index contributed by atoms with van der Waals surface area (Å²) >= 11 is 0. The van der Waals surface area contributed by atoms with Crippen molar-refractivity contribution in [2.75, 3.05) is 19.7 Å². The number of ether oxygens (including phenoxy) is 1. The van der Waals surface area contributed by atoms with Crippen LogP contribution >= 0.6 is 0 Å². The Balaban J connectivity index is 1.60. The molecule has 0 atom stereocenters. The first-order chi connectivity index (χ1) is 11.3. The molecule has 1 amide bonds. The molecule has 0 bridgehead atoms. The van der Waals surface area contributed by atoms with Crippen LogP contribution in [0.25, 0.3) is 11.4 Å². The maximum Gasteiger partial charge on any atom is 0.409 e. The van der Waals surface area contributed by atoms with E-state index in [-0.39, 0.29) is 6.09 Å². The molecule has 1 saturated heterocycles. The Kier molecular flexibility index (Phi) is 4.95. The molecule has 1 aliphatic heterocycles. The molecule has 122 valence electrons. The van der Waals surface area contributed by atoms with Crippen molar-refractivity contribution in [3.8, 4) is 11.4 Å². The first-order valence-corrected chi connectivity index (χ1v) is 8.26. The lowest BCUT2D eigenvalue weighted by molar-refractivity contribution is 0.0900. The van der Waals surface area contributed by atoms with Crippen molar-refractivity contribution in [2.45, 2.75) is 26.3 Å². The van der Waals surface area contributed by atoms with Gasteiger partial charge in [0.05, 0.1) is 6.61 Å². The highest BCUT2D eigenvalue weighted by Crippen LogP contribution is 2.23. The molecule has 0 saturated carbocycles. The molecule has 2 aromatic rings. The lowest BCUT2D eigenvalue weighted by Gasteiger charge is -2.31. The summed E-state index contributed by atoms with van der Waals surface area (Å²) in [6.07, 6.45) is 5.73. The third-order valence-electron chi connectivity index (χ3n) is 4.34. The highest BCUT2D eigenvalue weighted by atomic mass is 16.6. The second-order valence-electron chi connectivity index (χ2n) is 5.90. The van der Waals surface area contributed by atoms with Crippen LogP contribution in [0.15, 0.2) is 42.7 Å². The first kappa shape index (κ1) is 15.6. The van der Waals surface area contributed by atoms with Crippen LogP contribution in [0.5, 0.6) is 0 Å². The molecule has 1 fully saturated rings. The van der Waals surface area contributed by atoms with Gasteiger partial charge in [-0.1, -0.05) is 30.3 Å². The molecule has 1 aromatic heterocycles. The number of rotatable bonds is 4. The zero-order chi connectivity index (χ0) is 16.1. The normalized spacial score (nSPS) is 15.6. The SMILES string of the molecule is CCOC(=O)N1CCC(Cn2ccnc2-c2ccccc2)CC1. The Labute approximate surface area is 136 Å². The van der Waals surface area contributed by atoms with Gasteiger partial charge >= 0.3 is 6.09 Å². The van der Waals surface area contributed by atoms with Crippen LogP contribution in [-0.2, 0) is 11.3 Å². The minimum atomic E-state index is -0.182. The summed E-state index contributed by atoms with van der Waals surface area (Å²) in [5.41, 5.74) is 1.14. The quantitative estimate of drug-likeness (QED) is 0.869. The number of carbonyl (C=O) groups is 1. The van der Waals surface area contributed by atoms with E-state index in [2.05, 4.69) is 21.7 Å². The fraction of sp³-hybridized carbons (Fsp3) is 0.444. The van der Waals surface area contributed by atoms with E-state index in [9.17, 15) is 4.79 Å². The molecule has 23 heavy (non-hydrogen) atoms. The highest BCUT2D eigenvalue weighted by molar-refractivity contribution is 5.67. The van der Waals surface area contributed by atoms with Crippen molar-refractivity contribution in [1.82, 2.24) is 14.5 Å². The van der Waals surface area contributed by atoms with Crippen LogP contribution < -0.4 is 0 Å². The second kappa shape index (κ2) is 7.31. The number of hydrogen-bond acceptors (Lipinski definition) is 3. The van der Waals surface area contributed by atoms with Crippen molar-refractivity contribution in [3.05, 3.63) is 42.7 Å². The summed E-state index contributed by atoms with van der Waals surface area (Å²) in [4.78, 5) is 18.1. The van der Waals surface area contributed by atoms with E-state index in [1.165, 1.54) is 0 Å². The van der Waals surface area contributed by atoms with Crippen LogP contribution in [0.1, 0.15) is 19.8 Å². The van der Waals surface area contributed by atoms with Crippen LogP contribution in [0.3, 0.4) is 0 Å². The number of nitrogens with zero attached hydrogens (tertiary/aromatic N) is 3. The van der Waals surface area contributed by atoms with Gasteiger partial charge < -0.3 is 14.2 Å². The molecule has 0 aliphatic carbocycles. The number of carbonyl (C=O) groups excluding carboxylic acids is 1. The molecule has 5 nitrogen and oxygen atoms in total. The van der Waals surface area contributed by atoms with E-state index in [0.29, 0.717) is 12.5 Å². The number of aromatic nitrogens is 2. The van der Waals surface area contributed by atoms with Gasteiger partial charge in [-0.3, -0.25) is 0 Å². The van der Waals surface area contributed by atoms with Crippen molar-refractivity contribution < 1.29 is 9.53 Å². The van der Waals surface area contributed by atoms with E-state index in [1.54, 1.807) is 0 Å². The van der Waals surface area contributed by atoms with Gasteiger partial charge in [-0.2, -0.15) is 0 Å². The van der Waals surface area contributed by atoms with Crippen molar-refractivity contribution in [1.29, 1.82) is 0 Å². The van der Waals surface area contributed by atoms with Crippen LogP contribution in [0.4, 0.5) is 4.79 Å². The smallest absolute Gasteiger partial charge is 0.409 e. The third-order valence-corrected chi connectivity index (χ3v) is 4.34. The summed E-state index contributed by atoms with van der Waals surface area (Å²) in [6, 6.07) is 10.3. The lowest BCUT2D eigenvalue weighted by atomic mass is 9.97. The highest BCUT2D eigenvalue weighted by Gasteiger charge is 2.24. The molecule has 0 N–H and O–H groups in total. The molecular weight excluding hydrogens is 290 g/mol. The molecule has 0 radical (unpaired) electrons. The Hall–Kier alpha value is -2.30. The topological polar surface area (TPSA) is 47.4 Å². The minimum absolute atomic E-state index is 0.182. The molecule has 5 heteroatoms. The van der Waals surface area contributed by atoms with E-state index >= 15 is 0 Å². The maximum atomic E-state index is 11.7. The molecule has 0 unspecified atom stereocenters. The Bertz CT molecular complexity index is 631. The summed E-state index contributed by atoms with van der Waals surface area (Å²) in [5, 5.41) is 0. The summed E-state index contributed by atoms with van der Waals surface area (Å²) < 4.78 is 7.29. The van der Waals surface area contributed by atoms with Crippen molar-refractivity contribution in [2.24, 2.45) is 5.92 Å². The van der Waals surface area contributed by atoms with Crippen LogP contribution in [0, 0.1) is 5.92 Å². The molecule has 2 heterocycles. The predicted molar refractivity (Wildman–Crippen MR) is 89.0 cm³/mol. The van der Waals surface area contributed by atoms with Gasteiger partial charge in [0.25, 0.3) is 0 Å². The Morgan fingerprint density at radius 2 is 2.00 bits per heavy atom. The maximum absolute atomic E-state index is 11.7. The van der Waals surface area contributed by atoms with Gasteiger partial charge in [0.15, 0.2) is 0 Å². The van der Waals surface area contributed by atoms with E-state index in [1.807, 2.05) is 42.4 Å². The summed E-state index contributed by atoms with van der Waals surface area (Å²) in [7, 11) is 0. The third kappa shape index (κ3) is 3.73. The largest absolute Gasteiger partial charge is 0.450 e. The predicted octanol–water partition coefficient (Wildman–Crippen LogP) is 3.42. The first-order valence-electron chi connectivity index (χ1n) is 8.26. The monoisotopic (exact) mass is 313 g/mol. The van der Waals surface area contributed by atoms with Gasteiger partial charge in [0.1, 0.15) is 5.82 Å². The molecule has 1 aromatic carbocycles. The number of likely N-dealkylation sites (tertiary alicyclic amines) is 1. The fourth-order valence-corrected chi connectivity index (χ4v) is 3.10. The van der Waals surface area contributed by atoms with Gasteiger partial charge in [-0.25, -0.2) is 9.78 Å². The number of hydrogen-bond donors (Lipinski definition) is 0. The average Bonchev–Trinajstić information content (AvgIpc) is 3.05. The van der Waals surface area contributed by atoms with Gasteiger partial charge in [0, 0.05) is 37.6 Å². The molecule has 0 spiro atoms. The number of benzene rings is 1. The van der Waals surface area contributed by atoms with Crippen LogP contribution in [0.2, 0.25) is 0 Å². The number of amides is 1. The summed E-state index contributed by atoms with van der Waals surface area (Å²) in [6.45, 7) is 4.78. The fourth-order valence-electron chi connectivity index (χ4n) is 3.10. The second-order valence-corrected chi connectivity index (χ2v) is 5.90. The summed E-state index contributed by atoms with van der Waals surface area (Å²) in [5.74, 6) is 1.58. The van der Waals surface area contributed by atoms with Crippen molar-refractivity contribution >= 4 is 6.09 Å².